The van der Waals surface area contributed by atoms with E-state index in [9.17, 15) is 0 Å². The Morgan fingerprint density at radius 1 is 0.875 bits per heavy atom. The third-order valence-corrected chi connectivity index (χ3v) is 2.31. The number of halogens is 1. The highest BCUT2D eigenvalue weighted by atomic mass is 27.1. The monoisotopic (exact) mass is 133 g/mol. The van der Waals surface area contributed by atoms with Crippen LogP contribution in [0.4, 0.5) is 4.70 Å². The Hall–Kier alpha value is 0.462. The molecule has 0 atom stereocenters. The summed E-state index contributed by atoms with van der Waals surface area (Å²) in [4.78, 5) is 0. The Morgan fingerprint density at radius 3 is 1.12 bits per heavy atom. The molecule has 0 aliphatic rings. The van der Waals surface area contributed by atoms with Gasteiger partial charge in [-0.15, -0.1) is 0 Å². The molecule has 0 N–H and O–H groups in total. The van der Waals surface area contributed by atoms with Gasteiger partial charge in [-0.1, -0.05) is 37.3 Å². The maximum absolute atomic E-state index is 2.30. The number of rotatable bonds is 2. The third-order valence-electron chi connectivity index (χ3n) is 0.770. The van der Waals surface area contributed by atoms with Crippen LogP contribution in [0.25, 0.3) is 0 Å². The van der Waals surface area contributed by atoms with E-state index in [0.29, 0.717) is 15.2 Å². The van der Waals surface area contributed by atoms with Gasteiger partial charge in [0.1, 0.15) is 0 Å². The van der Waals surface area contributed by atoms with E-state index >= 15 is 0 Å². The molecule has 49 valence electrons. The van der Waals surface area contributed by atoms with Crippen LogP contribution in [-0.2, 0) is 0 Å². The molecule has 1 radical (unpaired) electrons. The number of hydrogen-bond acceptors (Lipinski definition) is 0. The predicted molar refractivity (Wildman–Crippen MR) is 38.5 cm³/mol. The van der Waals surface area contributed by atoms with Crippen LogP contribution >= 0.6 is 0 Å². The van der Waals surface area contributed by atoms with Crippen molar-refractivity contribution in [2.75, 3.05) is 0 Å². The van der Waals surface area contributed by atoms with Crippen LogP contribution in [0.3, 0.4) is 0 Å². The van der Waals surface area contributed by atoms with Crippen molar-refractivity contribution >= 4 is 15.2 Å². The molecule has 0 rings (SSSR count). The minimum Gasteiger partial charge on any atom is -0.269 e. The average Bonchev–Trinajstić information content (AvgIpc) is 1.27. The van der Waals surface area contributed by atoms with Crippen molar-refractivity contribution < 1.29 is 4.70 Å². The lowest BCUT2D eigenvalue weighted by Crippen LogP contribution is -1.98. The topological polar surface area (TPSA) is 0 Å². The fourth-order valence-electron chi connectivity index (χ4n) is 0.770. The molecule has 0 nitrogen and oxygen atoms in total. The molecule has 0 fully saturated rings. The van der Waals surface area contributed by atoms with Crippen LogP contribution < -0.4 is 0 Å². The lowest BCUT2D eigenvalue weighted by atomic mass is 10.5. The van der Waals surface area contributed by atoms with Crippen LogP contribution in [0.15, 0.2) is 0 Å². The van der Waals surface area contributed by atoms with E-state index < -0.39 is 0 Å². The lowest BCUT2D eigenvalue weighted by molar-refractivity contribution is 0.971. The summed E-state index contributed by atoms with van der Waals surface area (Å²) in [5.41, 5.74) is 0. The fourth-order valence-corrected chi connectivity index (χ4v) is 2.31. The quantitative estimate of drug-likeness (QED) is 0.508. The fraction of sp³-hybridized carbons (Fsp3) is 1.00. The molecular formula is C6H15AlF. The van der Waals surface area contributed by atoms with Gasteiger partial charge in [-0.2, -0.15) is 0 Å². The highest BCUT2D eigenvalue weighted by Crippen LogP contribution is 2.07. The first-order valence-electron chi connectivity index (χ1n) is 2.98. The van der Waals surface area contributed by atoms with Gasteiger partial charge in [0.2, 0.25) is 15.2 Å². The van der Waals surface area contributed by atoms with Crippen molar-refractivity contribution in [3.8, 4) is 0 Å². The molecule has 0 aromatic carbocycles. The van der Waals surface area contributed by atoms with Gasteiger partial charge in [-0.3, -0.25) is 4.70 Å². The molecule has 0 aromatic heterocycles. The predicted octanol–water partition coefficient (Wildman–Crippen LogP) is 2.50. The summed E-state index contributed by atoms with van der Waals surface area (Å²) in [6.45, 7) is 9.20. The van der Waals surface area contributed by atoms with Crippen LogP contribution in [0, 0.1) is 0 Å². The van der Waals surface area contributed by atoms with E-state index in [0.717, 1.165) is 9.56 Å². The zero-order valence-electron chi connectivity index (χ0n) is 6.14. The molecule has 0 aliphatic heterocycles. The zero-order chi connectivity index (χ0) is 5.86. The van der Waals surface area contributed by atoms with E-state index in [1.165, 1.54) is 0 Å². The Morgan fingerprint density at radius 2 is 1.12 bits per heavy atom. The van der Waals surface area contributed by atoms with Gasteiger partial charge in [0, 0.05) is 0 Å². The van der Waals surface area contributed by atoms with Crippen molar-refractivity contribution in [3.63, 3.8) is 0 Å². The van der Waals surface area contributed by atoms with Crippen molar-refractivity contribution in [1.82, 2.24) is 0 Å². The molecule has 0 aliphatic carbocycles. The summed E-state index contributed by atoms with van der Waals surface area (Å²) in [7, 11) is 0. The summed E-state index contributed by atoms with van der Waals surface area (Å²) in [5, 5.41) is 0. The zero-order valence-corrected chi connectivity index (χ0v) is 7.29. The van der Waals surface area contributed by atoms with Gasteiger partial charge in [0.25, 0.3) is 0 Å². The maximum Gasteiger partial charge on any atom is 0.208 e. The molecule has 8 heavy (non-hydrogen) atoms. The normalized spacial score (nSPS) is 9.25. The summed E-state index contributed by atoms with van der Waals surface area (Å²) >= 11 is 0.713. The summed E-state index contributed by atoms with van der Waals surface area (Å²) in [5.74, 6) is 0. The molecule has 0 bridgehead atoms. The van der Waals surface area contributed by atoms with Crippen molar-refractivity contribution in [3.05, 3.63) is 0 Å². The van der Waals surface area contributed by atoms with Crippen molar-refractivity contribution in [2.24, 2.45) is 0 Å². The molecule has 0 heterocycles. The second kappa shape index (κ2) is 5.60. The standard InChI is InChI=1S/2C3H7.Al.FH/c2*1-3-2;;/h2*3H,1-2H3;;1H. The van der Waals surface area contributed by atoms with Crippen molar-refractivity contribution in [1.29, 1.82) is 0 Å². The Kier molecular flexibility index (Phi) is 7.89. The average molecular weight is 133 g/mol. The van der Waals surface area contributed by atoms with E-state index in [1.54, 1.807) is 0 Å². The van der Waals surface area contributed by atoms with Gasteiger partial charge < -0.3 is 0 Å². The smallest absolute Gasteiger partial charge is 0.208 e. The lowest BCUT2D eigenvalue weighted by Gasteiger charge is -2.02. The largest absolute Gasteiger partial charge is 0.269 e. The van der Waals surface area contributed by atoms with E-state index in [4.69, 9.17) is 0 Å². The first-order chi connectivity index (χ1) is 3.13. The first-order valence-corrected chi connectivity index (χ1v) is 4.31. The Balaban J connectivity index is 0. The molecule has 2 heteroatoms. The van der Waals surface area contributed by atoms with E-state index in [2.05, 4.69) is 27.7 Å². The van der Waals surface area contributed by atoms with Gasteiger partial charge in [-0.25, -0.2) is 0 Å². The maximum atomic E-state index is 2.30. The van der Waals surface area contributed by atoms with Crippen LogP contribution in [-0.4, -0.2) is 15.2 Å². The Bertz CT molecular complexity index is 37.8. The minimum absolute atomic E-state index is 0. The summed E-state index contributed by atoms with van der Waals surface area (Å²) in [6.07, 6.45) is 0. The minimum atomic E-state index is 0. The molecular weight excluding hydrogens is 118 g/mol. The molecule has 0 spiro atoms. The molecule has 0 saturated carbocycles. The SMILES string of the molecule is C[CH](C)[Al][CH](C)C.F. The van der Waals surface area contributed by atoms with Crippen LogP contribution in [0.5, 0.6) is 0 Å². The van der Waals surface area contributed by atoms with Gasteiger partial charge in [0.05, 0.1) is 0 Å². The van der Waals surface area contributed by atoms with Gasteiger partial charge in [-0.05, 0) is 0 Å². The second-order valence-corrected chi connectivity index (χ2v) is 5.73. The summed E-state index contributed by atoms with van der Waals surface area (Å²) < 4.78 is 1.92. The van der Waals surface area contributed by atoms with Crippen LogP contribution in [0.1, 0.15) is 27.7 Å². The van der Waals surface area contributed by atoms with Crippen LogP contribution in [0.2, 0.25) is 9.56 Å². The molecule has 0 unspecified atom stereocenters. The first kappa shape index (κ1) is 11.3. The summed E-state index contributed by atoms with van der Waals surface area (Å²) in [6, 6.07) is 0. The van der Waals surface area contributed by atoms with E-state index in [1.807, 2.05) is 0 Å². The third kappa shape index (κ3) is 9.68. The Labute approximate surface area is 57.7 Å². The van der Waals surface area contributed by atoms with E-state index in [-0.39, 0.29) is 4.70 Å². The number of hydrogen-bond donors (Lipinski definition) is 0. The van der Waals surface area contributed by atoms with Gasteiger partial charge in [0.15, 0.2) is 0 Å². The second-order valence-electron chi connectivity index (χ2n) is 2.68. The molecule has 0 amide bonds. The molecule has 0 saturated heterocycles. The van der Waals surface area contributed by atoms with Gasteiger partial charge >= 0.3 is 0 Å². The highest BCUT2D eigenvalue weighted by Gasteiger charge is 1.99. The highest BCUT2D eigenvalue weighted by molar-refractivity contribution is 6.38. The molecule has 0 aromatic rings. The van der Waals surface area contributed by atoms with Crippen molar-refractivity contribution in [2.45, 2.75) is 37.3 Å².